The fraction of sp³-hybridized carbons (Fsp3) is 0.188. The lowest BCUT2D eigenvalue weighted by atomic mass is 10.2. The summed E-state index contributed by atoms with van der Waals surface area (Å²) in [4.78, 5) is 31.2. The van der Waals surface area contributed by atoms with Crippen molar-refractivity contribution in [2.45, 2.75) is 19.4 Å². The van der Waals surface area contributed by atoms with Crippen LogP contribution in [0, 0.1) is 0 Å². The Hall–Kier alpha value is -2.67. The number of aromatic amines is 1. The first kappa shape index (κ1) is 15.2. The van der Waals surface area contributed by atoms with Crippen LogP contribution >= 0.6 is 11.3 Å². The fourth-order valence-corrected chi connectivity index (χ4v) is 3.52. The van der Waals surface area contributed by atoms with Crippen LogP contribution < -0.4 is 4.80 Å². The highest BCUT2D eigenvalue weighted by atomic mass is 32.1. The van der Waals surface area contributed by atoms with Crippen molar-refractivity contribution in [2.24, 2.45) is 4.99 Å². The van der Waals surface area contributed by atoms with Crippen LogP contribution in [0.5, 0.6) is 0 Å². The number of fused-ring (bicyclic) bond motifs is 1. The van der Waals surface area contributed by atoms with Gasteiger partial charge < -0.3 is 14.7 Å². The van der Waals surface area contributed by atoms with Crippen LogP contribution in [-0.4, -0.2) is 26.5 Å². The standard InChI is InChI=1S/C16H15N3O3S/c1-2-11(15(21)22)19-12-7-3-4-8-13(12)23-16(19)18-14(20)10-6-5-9-17-10/h3-9,11,17H,2H2,1H3,(H,21,22). The van der Waals surface area contributed by atoms with E-state index in [4.69, 9.17) is 0 Å². The van der Waals surface area contributed by atoms with E-state index >= 15 is 0 Å². The number of amides is 1. The number of carbonyl (C=O) groups is 2. The van der Waals surface area contributed by atoms with Crippen LogP contribution in [-0.2, 0) is 4.79 Å². The summed E-state index contributed by atoms with van der Waals surface area (Å²) in [6.45, 7) is 1.80. The number of H-pyrrole nitrogens is 1. The maximum atomic E-state index is 12.2. The van der Waals surface area contributed by atoms with Gasteiger partial charge in [0.1, 0.15) is 11.7 Å². The number of rotatable bonds is 4. The number of carboxylic acids is 1. The van der Waals surface area contributed by atoms with Gasteiger partial charge in [0.15, 0.2) is 4.80 Å². The Balaban J connectivity index is 2.24. The molecule has 1 aromatic carbocycles. The number of para-hydroxylation sites is 1. The van der Waals surface area contributed by atoms with Crippen LogP contribution in [0.4, 0.5) is 0 Å². The second kappa shape index (κ2) is 6.21. The molecule has 0 radical (unpaired) electrons. The predicted molar refractivity (Wildman–Crippen MR) is 87.5 cm³/mol. The molecule has 118 valence electrons. The molecular weight excluding hydrogens is 314 g/mol. The minimum absolute atomic E-state index is 0.373. The highest BCUT2D eigenvalue weighted by molar-refractivity contribution is 7.16. The summed E-state index contributed by atoms with van der Waals surface area (Å²) in [6, 6.07) is 10.0. The Labute approximate surface area is 135 Å². The van der Waals surface area contributed by atoms with Crippen molar-refractivity contribution in [2.75, 3.05) is 0 Å². The van der Waals surface area contributed by atoms with Crippen LogP contribution in [0.15, 0.2) is 47.6 Å². The number of hydrogen-bond acceptors (Lipinski definition) is 3. The third kappa shape index (κ3) is 2.83. The second-order valence-electron chi connectivity index (χ2n) is 4.99. The fourth-order valence-electron chi connectivity index (χ4n) is 2.45. The maximum Gasteiger partial charge on any atom is 0.326 e. The zero-order valence-electron chi connectivity index (χ0n) is 12.4. The number of benzene rings is 1. The van der Waals surface area contributed by atoms with Crippen molar-refractivity contribution in [3.63, 3.8) is 0 Å². The minimum atomic E-state index is -0.940. The molecule has 7 heteroatoms. The quantitative estimate of drug-likeness (QED) is 0.771. The summed E-state index contributed by atoms with van der Waals surface area (Å²) >= 11 is 1.31. The van der Waals surface area contributed by atoms with Crippen LogP contribution in [0.25, 0.3) is 10.2 Å². The maximum absolute atomic E-state index is 12.2. The minimum Gasteiger partial charge on any atom is -0.480 e. The molecule has 6 nitrogen and oxygen atoms in total. The van der Waals surface area contributed by atoms with Gasteiger partial charge in [0.25, 0.3) is 5.91 Å². The molecule has 0 aliphatic carbocycles. The number of carbonyl (C=O) groups excluding carboxylic acids is 1. The van der Waals surface area contributed by atoms with Crippen molar-refractivity contribution < 1.29 is 14.7 Å². The summed E-state index contributed by atoms with van der Waals surface area (Å²) in [7, 11) is 0. The van der Waals surface area contributed by atoms with Gasteiger partial charge >= 0.3 is 5.97 Å². The van der Waals surface area contributed by atoms with Crippen molar-refractivity contribution in [1.82, 2.24) is 9.55 Å². The molecule has 0 saturated heterocycles. The molecule has 2 heterocycles. The number of hydrogen-bond donors (Lipinski definition) is 2. The van der Waals surface area contributed by atoms with E-state index in [-0.39, 0.29) is 0 Å². The molecule has 23 heavy (non-hydrogen) atoms. The van der Waals surface area contributed by atoms with Crippen LogP contribution in [0.2, 0.25) is 0 Å². The monoisotopic (exact) mass is 329 g/mol. The average Bonchev–Trinajstić information content (AvgIpc) is 3.16. The van der Waals surface area contributed by atoms with Gasteiger partial charge in [-0.05, 0) is 30.7 Å². The topological polar surface area (TPSA) is 87.4 Å². The van der Waals surface area contributed by atoms with E-state index in [2.05, 4.69) is 9.98 Å². The molecule has 1 unspecified atom stereocenters. The summed E-state index contributed by atoms with van der Waals surface area (Å²) in [5, 5.41) is 9.50. The van der Waals surface area contributed by atoms with E-state index in [1.165, 1.54) is 11.3 Å². The molecule has 0 saturated carbocycles. The lowest BCUT2D eigenvalue weighted by Gasteiger charge is -2.13. The first-order chi connectivity index (χ1) is 11.1. The van der Waals surface area contributed by atoms with Crippen LogP contribution in [0.3, 0.4) is 0 Å². The summed E-state index contributed by atoms with van der Waals surface area (Å²) in [5.74, 6) is -1.36. The smallest absolute Gasteiger partial charge is 0.326 e. The normalized spacial score (nSPS) is 13.3. The molecule has 0 spiro atoms. The van der Waals surface area contributed by atoms with Gasteiger partial charge in [0, 0.05) is 6.20 Å². The highest BCUT2D eigenvalue weighted by Crippen LogP contribution is 2.22. The molecule has 2 aromatic heterocycles. The zero-order chi connectivity index (χ0) is 16.4. The summed E-state index contributed by atoms with van der Waals surface area (Å²) in [6.07, 6.45) is 2.05. The molecule has 1 atom stereocenters. The number of thiazole rings is 1. The summed E-state index contributed by atoms with van der Waals surface area (Å²) in [5.41, 5.74) is 1.14. The average molecular weight is 329 g/mol. The lowest BCUT2D eigenvalue weighted by Crippen LogP contribution is -2.27. The summed E-state index contributed by atoms with van der Waals surface area (Å²) < 4.78 is 2.52. The molecule has 0 bridgehead atoms. The third-order valence-electron chi connectivity index (χ3n) is 3.54. The second-order valence-corrected chi connectivity index (χ2v) is 5.99. The van der Waals surface area contributed by atoms with E-state index in [9.17, 15) is 14.7 Å². The van der Waals surface area contributed by atoms with Crippen LogP contribution in [0.1, 0.15) is 29.9 Å². The van der Waals surface area contributed by atoms with E-state index in [0.717, 1.165) is 10.2 Å². The molecule has 3 rings (SSSR count). The van der Waals surface area contributed by atoms with Gasteiger partial charge in [-0.25, -0.2) is 4.79 Å². The largest absolute Gasteiger partial charge is 0.480 e. The predicted octanol–water partition coefficient (Wildman–Crippen LogP) is 2.81. The highest BCUT2D eigenvalue weighted by Gasteiger charge is 2.21. The molecule has 0 aliphatic heterocycles. The SMILES string of the molecule is CCC(C(=O)O)n1c(=NC(=O)c2ccc[nH]2)sc2ccccc21. The van der Waals surface area contributed by atoms with Crippen molar-refractivity contribution >= 4 is 33.4 Å². The van der Waals surface area contributed by atoms with Crippen molar-refractivity contribution in [3.8, 4) is 0 Å². The van der Waals surface area contributed by atoms with Crippen molar-refractivity contribution in [1.29, 1.82) is 0 Å². The molecule has 1 amide bonds. The molecular formula is C16H15N3O3S. The number of aromatic nitrogens is 2. The Kier molecular flexibility index (Phi) is 4.12. The van der Waals surface area contributed by atoms with E-state index in [1.807, 2.05) is 24.3 Å². The van der Waals surface area contributed by atoms with E-state index < -0.39 is 17.9 Å². The Morgan fingerprint density at radius 2 is 2.09 bits per heavy atom. The van der Waals surface area contributed by atoms with E-state index in [1.54, 1.807) is 29.8 Å². The number of carboxylic acid groups (broad SMARTS) is 1. The molecule has 0 aliphatic rings. The molecule has 3 aromatic rings. The lowest BCUT2D eigenvalue weighted by molar-refractivity contribution is -0.140. The van der Waals surface area contributed by atoms with E-state index in [0.29, 0.717) is 16.9 Å². The Morgan fingerprint density at radius 3 is 2.74 bits per heavy atom. The number of nitrogens with zero attached hydrogens (tertiary/aromatic N) is 2. The zero-order valence-corrected chi connectivity index (χ0v) is 13.2. The van der Waals surface area contributed by atoms with Gasteiger partial charge in [-0.3, -0.25) is 4.79 Å². The Morgan fingerprint density at radius 1 is 1.30 bits per heavy atom. The molecule has 0 fully saturated rings. The van der Waals surface area contributed by atoms with Gasteiger partial charge in [-0.2, -0.15) is 4.99 Å². The molecule has 2 N–H and O–H groups in total. The van der Waals surface area contributed by atoms with Gasteiger partial charge in [0.2, 0.25) is 0 Å². The van der Waals surface area contributed by atoms with Gasteiger partial charge in [-0.15, -0.1) is 0 Å². The van der Waals surface area contributed by atoms with Crippen molar-refractivity contribution in [3.05, 3.63) is 53.1 Å². The first-order valence-electron chi connectivity index (χ1n) is 7.17. The van der Waals surface area contributed by atoms with Gasteiger partial charge in [0.05, 0.1) is 10.2 Å². The Bertz CT molecular complexity index is 922. The number of aliphatic carboxylic acids is 1. The first-order valence-corrected chi connectivity index (χ1v) is 7.98. The third-order valence-corrected chi connectivity index (χ3v) is 4.58. The number of nitrogens with one attached hydrogen (secondary N) is 1. The van der Waals surface area contributed by atoms with Gasteiger partial charge in [-0.1, -0.05) is 30.4 Å².